The van der Waals surface area contributed by atoms with E-state index in [1.807, 2.05) is 0 Å². The van der Waals surface area contributed by atoms with Gasteiger partial charge in [0.1, 0.15) is 11.9 Å². The minimum absolute atomic E-state index is 0.159. The maximum Gasteiger partial charge on any atom is 0.123 e. The number of aliphatic hydroxyl groups excluding tert-OH is 1. The quantitative estimate of drug-likeness (QED) is 0.751. The smallest absolute Gasteiger partial charge is 0.123 e. The lowest BCUT2D eigenvalue weighted by Gasteiger charge is -2.15. The zero-order valence-corrected chi connectivity index (χ0v) is 13.3. The molecule has 0 aliphatic rings. The second-order valence-electron chi connectivity index (χ2n) is 5.27. The number of aromatic nitrogens is 1. The number of benzene rings is 2. The highest BCUT2D eigenvalue weighted by molar-refractivity contribution is 6.31. The Labute approximate surface area is 143 Å². The van der Waals surface area contributed by atoms with E-state index in [4.69, 9.17) is 11.6 Å². The number of hydrogen-bond donors (Lipinski definition) is 2. The summed E-state index contributed by atoms with van der Waals surface area (Å²) < 4.78 is 13.0. The first-order valence-corrected chi connectivity index (χ1v) is 7.62. The monoisotopic (exact) mass is 341 g/mol. The largest absolute Gasteiger partial charge is 0.387 e. The van der Waals surface area contributed by atoms with Crippen LogP contribution in [-0.2, 0) is 0 Å². The van der Waals surface area contributed by atoms with Crippen LogP contribution in [0.4, 0.5) is 10.1 Å². The molecule has 0 radical (unpaired) electrons. The maximum atomic E-state index is 13.0. The minimum atomic E-state index is -0.848. The third-order valence-corrected chi connectivity index (χ3v) is 3.91. The minimum Gasteiger partial charge on any atom is -0.387 e. The molecule has 0 spiro atoms. The van der Waals surface area contributed by atoms with Crippen molar-refractivity contribution in [1.29, 1.82) is 5.26 Å². The van der Waals surface area contributed by atoms with Gasteiger partial charge in [0.15, 0.2) is 0 Å². The Morgan fingerprint density at radius 1 is 1.25 bits per heavy atom. The first-order chi connectivity index (χ1) is 11.6. The predicted octanol–water partition coefficient (Wildman–Crippen LogP) is 4.04. The molecule has 3 aromatic rings. The highest BCUT2D eigenvalue weighted by Crippen LogP contribution is 2.28. The summed E-state index contributed by atoms with van der Waals surface area (Å²) >= 11 is 6.04. The van der Waals surface area contributed by atoms with Crippen LogP contribution in [0, 0.1) is 17.1 Å². The number of fused-ring (bicyclic) bond motifs is 1. The number of nitrogens with one attached hydrogen (secondary N) is 1. The average Bonchev–Trinajstić information content (AvgIpc) is 2.59. The molecule has 0 fully saturated rings. The highest BCUT2D eigenvalue weighted by atomic mass is 35.5. The number of nitrogens with zero attached hydrogens (tertiary/aromatic N) is 2. The number of rotatable bonds is 4. The first-order valence-electron chi connectivity index (χ1n) is 7.24. The van der Waals surface area contributed by atoms with Gasteiger partial charge in [0, 0.05) is 23.2 Å². The van der Waals surface area contributed by atoms with Crippen LogP contribution in [-0.4, -0.2) is 16.6 Å². The Morgan fingerprint density at radius 2 is 2.00 bits per heavy atom. The summed E-state index contributed by atoms with van der Waals surface area (Å²) in [5.41, 5.74) is 2.19. The molecule has 4 nitrogen and oxygen atoms in total. The molecule has 0 saturated heterocycles. The van der Waals surface area contributed by atoms with Crippen molar-refractivity contribution in [3.05, 3.63) is 70.6 Å². The Hall–Kier alpha value is -2.68. The predicted molar refractivity (Wildman–Crippen MR) is 91.3 cm³/mol. The van der Waals surface area contributed by atoms with Crippen LogP contribution in [0.3, 0.4) is 0 Å². The number of anilines is 1. The van der Waals surface area contributed by atoms with E-state index in [1.165, 1.54) is 30.5 Å². The molecule has 0 saturated carbocycles. The third kappa shape index (κ3) is 3.30. The van der Waals surface area contributed by atoms with E-state index >= 15 is 0 Å². The van der Waals surface area contributed by atoms with Crippen LogP contribution >= 0.6 is 11.6 Å². The fraction of sp³-hybridized carbons (Fsp3) is 0.111. The Balaban J connectivity index is 1.90. The zero-order chi connectivity index (χ0) is 17.1. The molecule has 6 heteroatoms. The van der Waals surface area contributed by atoms with Crippen molar-refractivity contribution in [2.24, 2.45) is 0 Å². The molecule has 120 valence electrons. The van der Waals surface area contributed by atoms with Gasteiger partial charge >= 0.3 is 0 Å². The van der Waals surface area contributed by atoms with Crippen molar-refractivity contribution in [3.8, 4) is 6.07 Å². The lowest BCUT2D eigenvalue weighted by Crippen LogP contribution is -2.13. The SMILES string of the molecule is N#Cc1cnc2ccc(Cl)cc2c1NCC(O)c1ccc(F)cc1. The van der Waals surface area contributed by atoms with Gasteiger partial charge in [0.2, 0.25) is 0 Å². The molecule has 1 unspecified atom stereocenters. The number of nitriles is 1. The number of halogens is 2. The summed E-state index contributed by atoms with van der Waals surface area (Å²) in [6.45, 7) is 0.159. The van der Waals surface area contributed by atoms with Gasteiger partial charge in [-0.3, -0.25) is 4.98 Å². The van der Waals surface area contributed by atoms with Crippen LogP contribution < -0.4 is 5.32 Å². The summed E-state index contributed by atoms with van der Waals surface area (Å²) in [5.74, 6) is -0.361. The van der Waals surface area contributed by atoms with Crippen LogP contribution in [0.1, 0.15) is 17.2 Å². The summed E-state index contributed by atoms with van der Waals surface area (Å²) in [4.78, 5) is 4.22. The van der Waals surface area contributed by atoms with Gasteiger partial charge in [-0.15, -0.1) is 0 Å². The van der Waals surface area contributed by atoms with Gasteiger partial charge < -0.3 is 10.4 Å². The van der Waals surface area contributed by atoms with Crippen LogP contribution in [0.2, 0.25) is 5.02 Å². The van der Waals surface area contributed by atoms with Crippen LogP contribution in [0.5, 0.6) is 0 Å². The van der Waals surface area contributed by atoms with Gasteiger partial charge in [-0.25, -0.2) is 4.39 Å². The molecular weight excluding hydrogens is 329 g/mol. The molecule has 1 atom stereocenters. The summed E-state index contributed by atoms with van der Waals surface area (Å²) in [7, 11) is 0. The third-order valence-electron chi connectivity index (χ3n) is 3.68. The number of hydrogen-bond acceptors (Lipinski definition) is 4. The summed E-state index contributed by atoms with van der Waals surface area (Å²) in [5, 5.41) is 23.9. The molecule has 0 bridgehead atoms. The van der Waals surface area contributed by atoms with Crippen molar-refractivity contribution >= 4 is 28.2 Å². The standard InChI is InChI=1S/C18H13ClFN3O/c19-13-3-6-16-15(7-13)18(12(8-21)9-22-16)23-10-17(24)11-1-4-14(20)5-2-11/h1-7,9,17,24H,10H2,(H,22,23). The zero-order valence-electron chi connectivity index (χ0n) is 12.5. The highest BCUT2D eigenvalue weighted by Gasteiger charge is 2.12. The Bertz CT molecular complexity index is 922. The second kappa shape index (κ2) is 6.83. The molecule has 24 heavy (non-hydrogen) atoms. The number of aliphatic hydroxyl groups is 1. The van der Waals surface area contributed by atoms with E-state index < -0.39 is 6.10 Å². The van der Waals surface area contributed by atoms with Gasteiger partial charge in [-0.05, 0) is 35.9 Å². The van der Waals surface area contributed by atoms with E-state index in [2.05, 4.69) is 16.4 Å². The van der Waals surface area contributed by atoms with E-state index in [1.54, 1.807) is 18.2 Å². The van der Waals surface area contributed by atoms with Gasteiger partial charge in [-0.2, -0.15) is 5.26 Å². The number of pyridine rings is 1. The molecule has 2 aromatic carbocycles. The van der Waals surface area contributed by atoms with Crippen LogP contribution in [0.25, 0.3) is 10.9 Å². The normalized spacial score (nSPS) is 11.9. The Kier molecular flexibility index (Phi) is 4.61. The second-order valence-corrected chi connectivity index (χ2v) is 5.70. The van der Waals surface area contributed by atoms with Crippen molar-refractivity contribution in [2.75, 3.05) is 11.9 Å². The first kappa shape index (κ1) is 16.2. The summed E-state index contributed by atoms with van der Waals surface area (Å²) in [6, 6.07) is 12.9. The van der Waals surface area contributed by atoms with Crippen molar-refractivity contribution < 1.29 is 9.50 Å². The molecule has 0 aliphatic carbocycles. The molecule has 1 heterocycles. The van der Waals surface area contributed by atoms with E-state index in [9.17, 15) is 14.8 Å². The van der Waals surface area contributed by atoms with E-state index in [-0.39, 0.29) is 12.4 Å². The van der Waals surface area contributed by atoms with Gasteiger partial charge in [0.25, 0.3) is 0 Å². The van der Waals surface area contributed by atoms with Gasteiger partial charge in [-0.1, -0.05) is 23.7 Å². The molecular formula is C18H13ClFN3O. The van der Waals surface area contributed by atoms with Crippen molar-refractivity contribution in [1.82, 2.24) is 4.98 Å². The van der Waals surface area contributed by atoms with Crippen molar-refractivity contribution in [3.63, 3.8) is 0 Å². The Morgan fingerprint density at radius 3 is 2.71 bits per heavy atom. The van der Waals surface area contributed by atoms with Gasteiger partial charge in [0.05, 0.1) is 22.9 Å². The van der Waals surface area contributed by atoms with Crippen molar-refractivity contribution in [2.45, 2.75) is 6.10 Å². The molecule has 1 aromatic heterocycles. The van der Waals surface area contributed by atoms with E-state index in [0.717, 1.165) is 0 Å². The topological polar surface area (TPSA) is 68.9 Å². The molecule has 3 rings (SSSR count). The van der Waals surface area contributed by atoms with Crippen LogP contribution in [0.15, 0.2) is 48.7 Å². The molecule has 0 aliphatic heterocycles. The van der Waals surface area contributed by atoms with E-state index in [0.29, 0.717) is 32.7 Å². The molecule has 0 amide bonds. The average molecular weight is 342 g/mol. The fourth-order valence-corrected chi connectivity index (χ4v) is 2.61. The maximum absolute atomic E-state index is 13.0. The lowest BCUT2D eigenvalue weighted by molar-refractivity contribution is 0.191. The summed E-state index contributed by atoms with van der Waals surface area (Å²) in [6.07, 6.45) is 0.627. The fourth-order valence-electron chi connectivity index (χ4n) is 2.44. The molecule has 2 N–H and O–H groups in total. The lowest BCUT2D eigenvalue weighted by atomic mass is 10.1.